The van der Waals surface area contributed by atoms with Crippen molar-refractivity contribution in [2.75, 3.05) is 0 Å². The molecule has 0 aromatic heterocycles. The van der Waals surface area contributed by atoms with Crippen LogP contribution in [-0.4, -0.2) is 6.18 Å². The molecule has 0 saturated heterocycles. The highest BCUT2D eigenvalue weighted by molar-refractivity contribution is 4.80. The number of rotatable bonds is 5. The van der Waals surface area contributed by atoms with E-state index < -0.39 is 12.6 Å². The van der Waals surface area contributed by atoms with Crippen molar-refractivity contribution in [3.8, 4) is 0 Å². The third-order valence-electron chi connectivity index (χ3n) is 1.45. The summed E-state index contributed by atoms with van der Waals surface area (Å²) >= 11 is 0. The number of hydrogen-bond acceptors (Lipinski definition) is 0. The summed E-state index contributed by atoms with van der Waals surface area (Å²) in [6, 6.07) is 0. The summed E-state index contributed by atoms with van der Waals surface area (Å²) in [5.74, 6) is 0. The standard InChI is InChI=1S/C9H15F3/c1-2-3-4-5-6-7-8-9(10,11)12/h4-5H,2-3,6-8H2,1H3. The monoisotopic (exact) mass is 180 g/mol. The Hall–Kier alpha value is -0.470. The van der Waals surface area contributed by atoms with Crippen LogP contribution in [0.4, 0.5) is 13.2 Å². The maximum atomic E-state index is 11.6. The fourth-order valence-electron chi connectivity index (χ4n) is 0.823. The number of hydrogen-bond donors (Lipinski definition) is 0. The normalized spacial score (nSPS) is 12.7. The molecule has 0 aromatic carbocycles. The summed E-state index contributed by atoms with van der Waals surface area (Å²) in [6.07, 6.45) is 1.89. The van der Waals surface area contributed by atoms with Crippen LogP contribution in [0.5, 0.6) is 0 Å². The molecule has 0 fully saturated rings. The molecular weight excluding hydrogens is 165 g/mol. The zero-order valence-electron chi connectivity index (χ0n) is 7.32. The maximum Gasteiger partial charge on any atom is 0.389 e. The highest BCUT2D eigenvalue weighted by Crippen LogP contribution is 2.22. The van der Waals surface area contributed by atoms with Gasteiger partial charge in [0.1, 0.15) is 0 Å². The zero-order chi connectivity index (χ0) is 9.45. The molecule has 0 aliphatic rings. The molecule has 0 unspecified atom stereocenters. The number of allylic oxidation sites excluding steroid dienone is 2. The molecule has 3 heteroatoms. The lowest BCUT2D eigenvalue weighted by Gasteiger charge is -2.02. The summed E-state index contributed by atoms with van der Waals surface area (Å²) in [5.41, 5.74) is 0. The van der Waals surface area contributed by atoms with Gasteiger partial charge in [-0.05, 0) is 19.3 Å². The first-order valence-corrected chi connectivity index (χ1v) is 4.28. The van der Waals surface area contributed by atoms with Crippen LogP contribution < -0.4 is 0 Å². The van der Waals surface area contributed by atoms with Crippen LogP contribution in [0, 0.1) is 0 Å². The highest BCUT2D eigenvalue weighted by Gasteiger charge is 2.25. The van der Waals surface area contributed by atoms with Gasteiger partial charge in [-0.1, -0.05) is 25.5 Å². The zero-order valence-corrected chi connectivity index (χ0v) is 7.32. The average Bonchev–Trinajstić information content (AvgIpc) is 1.94. The number of alkyl halides is 3. The fourth-order valence-corrected chi connectivity index (χ4v) is 0.823. The summed E-state index contributed by atoms with van der Waals surface area (Å²) in [7, 11) is 0. The molecule has 72 valence electrons. The third-order valence-corrected chi connectivity index (χ3v) is 1.45. The van der Waals surface area contributed by atoms with Crippen molar-refractivity contribution in [3.63, 3.8) is 0 Å². The first kappa shape index (κ1) is 11.5. The highest BCUT2D eigenvalue weighted by atomic mass is 19.4. The molecule has 0 bridgehead atoms. The van der Waals surface area contributed by atoms with Gasteiger partial charge in [0, 0.05) is 6.42 Å². The summed E-state index contributed by atoms with van der Waals surface area (Å²) in [6.45, 7) is 2.04. The van der Waals surface area contributed by atoms with E-state index in [-0.39, 0.29) is 6.42 Å². The molecular formula is C9H15F3. The minimum absolute atomic E-state index is 0.212. The Bertz CT molecular complexity index is 124. The van der Waals surface area contributed by atoms with Crippen LogP contribution in [-0.2, 0) is 0 Å². The van der Waals surface area contributed by atoms with Crippen molar-refractivity contribution in [1.82, 2.24) is 0 Å². The van der Waals surface area contributed by atoms with E-state index in [4.69, 9.17) is 0 Å². The van der Waals surface area contributed by atoms with E-state index in [9.17, 15) is 13.2 Å². The largest absolute Gasteiger partial charge is 0.389 e. The number of unbranched alkanes of at least 4 members (excludes halogenated alkanes) is 2. The SMILES string of the molecule is CCCC=CCCCC(F)(F)F. The Labute approximate surface area is 71.5 Å². The van der Waals surface area contributed by atoms with Gasteiger partial charge in [0.15, 0.2) is 0 Å². The molecule has 0 aliphatic carbocycles. The molecule has 0 rings (SSSR count). The summed E-state index contributed by atoms with van der Waals surface area (Å²) in [5, 5.41) is 0. The van der Waals surface area contributed by atoms with E-state index in [1.54, 1.807) is 0 Å². The van der Waals surface area contributed by atoms with Gasteiger partial charge in [0.25, 0.3) is 0 Å². The smallest absolute Gasteiger partial charge is 0.171 e. The van der Waals surface area contributed by atoms with Crippen LogP contribution >= 0.6 is 0 Å². The molecule has 0 aromatic rings. The second kappa shape index (κ2) is 6.09. The van der Waals surface area contributed by atoms with Crippen LogP contribution in [0.1, 0.15) is 39.0 Å². The molecule has 0 N–H and O–H groups in total. The molecule has 0 heterocycles. The Morgan fingerprint density at radius 3 is 2.17 bits per heavy atom. The quantitative estimate of drug-likeness (QED) is 0.442. The van der Waals surface area contributed by atoms with E-state index in [1.807, 2.05) is 19.1 Å². The van der Waals surface area contributed by atoms with Crippen LogP contribution in [0.2, 0.25) is 0 Å². The topological polar surface area (TPSA) is 0 Å². The molecule has 0 saturated carbocycles. The molecule has 0 radical (unpaired) electrons. The van der Waals surface area contributed by atoms with Crippen molar-refractivity contribution in [3.05, 3.63) is 12.2 Å². The van der Waals surface area contributed by atoms with Gasteiger partial charge in [0.2, 0.25) is 0 Å². The molecule has 12 heavy (non-hydrogen) atoms. The van der Waals surface area contributed by atoms with Crippen molar-refractivity contribution in [2.45, 2.75) is 45.2 Å². The van der Waals surface area contributed by atoms with E-state index in [2.05, 4.69) is 0 Å². The van der Waals surface area contributed by atoms with Crippen LogP contribution in [0.25, 0.3) is 0 Å². The summed E-state index contributed by atoms with van der Waals surface area (Å²) in [4.78, 5) is 0. The van der Waals surface area contributed by atoms with Gasteiger partial charge < -0.3 is 0 Å². The fraction of sp³-hybridized carbons (Fsp3) is 0.778. The van der Waals surface area contributed by atoms with Gasteiger partial charge in [-0.25, -0.2) is 0 Å². The second-order valence-corrected chi connectivity index (χ2v) is 2.77. The van der Waals surface area contributed by atoms with Crippen molar-refractivity contribution < 1.29 is 13.2 Å². The van der Waals surface area contributed by atoms with Gasteiger partial charge in [-0.3, -0.25) is 0 Å². The maximum absolute atomic E-state index is 11.6. The summed E-state index contributed by atoms with van der Waals surface area (Å²) < 4.78 is 34.8. The van der Waals surface area contributed by atoms with Gasteiger partial charge >= 0.3 is 6.18 Å². The minimum atomic E-state index is -3.99. The van der Waals surface area contributed by atoms with Crippen LogP contribution in [0.3, 0.4) is 0 Å². The Kier molecular flexibility index (Phi) is 5.85. The minimum Gasteiger partial charge on any atom is -0.171 e. The Morgan fingerprint density at radius 2 is 1.67 bits per heavy atom. The van der Waals surface area contributed by atoms with Gasteiger partial charge in [0.05, 0.1) is 0 Å². The van der Waals surface area contributed by atoms with Crippen molar-refractivity contribution in [1.29, 1.82) is 0 Å². The van der Waals surface area contributed by atoms with Gasteiger partial charge in [-0.15, -0.1) is 0 Å². The predicted octanol–water partition coefficient (Wildman–Crippen LogP) is 4.08. The second-order valence-electron chi connectivity index (χ2n) is 2.77. The van der Waals surface area contributed by atoms with Crippen molar-refractivity contribution >= 4 is 0 Å². The van der Waals surface area contributed by atoms with E-state index in [0.29, 0.717) is 6.42 Å². The predicted molar refractivity (Wildman–Crippen MR) is 44.0 cm³/mol. The van der Waals surface area contributed by atoms with Crippen LogP contribution in [0.15, 0.2) is 12.2 Å². The molecule has 0 aliphatic heterocycles. The van der Waals surface area contributed by atoms with Gasteiger partial charge in [-0.2, -0.15) is 13.2 Å². The van der Waals surface area contributed by atoms with Crippen molar-refractivity contribution in [2.24, 2.45) is 0 Å². The molecule has 0 nitrogen and oxygen atoms in total. The lowest BCUT2D eigenvalue weighted by molar-refractivity contribution is -0.135. The molecule has 0 spiro atoms. The lowest BCUT2D eigenvalue weighted by atomic mass is 10.2. The first-order valence-electron chi connectivity index (χ1n) is 4.28. The Morgan fingerprint density at radius 1 is 1.08 bits per heavy atom. The molecule has 0 amide bonds. The van der Waals surface area contributed by atoms with E-state index in [1.165, 1.54) is 0 Å². The van der Waals surface area contributed by atoms with E-state index in [0.717, 1.165) is 12.8 Å². The molecule has 0 atom stereocenters. The Balaban J connectivity index is 3.21. The third kappa shape index (κ3) is 9.53. The number of halogens is 3. The average molecular weight is 180 g/mol. The lowest BCUT2D eigenvalue weighted by Crippen LogP contribution is -2.05. The van der Waals surface area contributed by atoms with E-state index >= 15 is 0 Å². The first-order chi connectivity index (χ1) is 5.56.